The predicted octanol–water partition coefficient (Wildman–Crippen LogP) is 2.27. The first kappa shape index (κ1) is 17.4. The van der Waals surface area contributed by atoms with E-state index in [0.29, 0.717) is 0 Å². The lowest BCUT2D eigenvalue weighted by Crippen LogP contribution is -2.55. The molecule has 118 valence electrons. The number of likely N-dealkylation sites (tertiary alicyclic amines) is 1. The van der Waals surface area contributed by atoms with Gasteiger partial charge in [-0.3, -0.25) is 4.79 Å². The van der Waals surface area contributed by atoms with Crippen LogP contribution in [0.4, 0.5) is 0 Å². The molecule has 3 N–H and O–H groups in total. The number of nitrogens with two attached hydrogens (primary N) is 1. The molecule has 20 heavy (non-hydrogen) atoms. The summed E-state index contributed by atoms with van der Waals surface area (Å²) in [6.07, 6.45) is 7.07. The third kappa shape index (κ3) is 5.06. The average Bonchev–Trinajstić information content (AvgIpc) is 2.38. The van der Waals surface area contributed by atoms with Crippen molar-refractivity contribution in [3.8, 4) is 0 Å². The fourth-order valence-corrected chi connectivity index (χ4v) is 3.36. The van der Waals surface area contributed by atoms with Gasteiger partial charge in [0, 0.05) is 12.1 Å². The molecule has 1 amide bonds. The number of carbonyl (C=O) groups is 1. The fraction of sp³-hybridized carbons (Fsp3) is 0.938. The van der Waals surface area contributed by atoms with E-state index in [1.807, 2.05) is 6.92 Å². The van der Waals surface area contributed by atoms with Gasteiger partial charge in [-0.05, 0) is 66.0 Å². The van der Waals surface area contributed by atoms with Gasteiger partial charge in [0.05, 0.1) is 5.54 Å². The van der Waals surface area contributed by atoms with Crippen molar-refractivity contribution in [2.75, 3.05) is 13.1 Å². The molecule has 1 saturated heterocycles. The topological polar surface area (TPSA) is 58.4 Å². The molecule has 0 bridgehead atoms. The Hall–Kier alpha value is -0.610. The predicted molar refractivity (Wildman–Crippen MR) is 84.6 cm³/mol. The number of nitrogens with one attached hydrogen (secondary N) is 1. The average molecular weight is 283 g/mol. The molecule has 1 fully saturated rings. The van der Waals surface area contributed by atoms with Crippen LogP contribution in [0.2, 0.25) is 0 Å². The summed E-state index contributed by atoms with van der Waals surface area (Å²) in [4.78, 5) is 14.3. The summed E-state index contributed by atoms with van der Waals surface area (Å²) in [5.74, 6) is -0.239. The van der Waals surface area contributed by atoms with E-state index in [2.05, 4.69) is 31.0 Å². The molecule has 0 aliphatic carbocycles. The molecular weight excluding hydrogens is 250 g/mol. The normalized spacial score (nSPS) is 23.8. The molecular formula is C16H33N3O. The molecule has 2 atom stereocenters. The minimum atomic E-state index is -0.578. The molecule has 1 heterocycles. The fourth-order valence-electron chi connectivity index (χ4n) is 3.36. The monoisotopic (exact) mass is 283 g/mol. The summed E-state index contributed by atoms with van der Waals surface area (Å²) in [5, 5.41) is 3.33. The maximum atomic E-state index is 11.7. The van der Waals surface area contributed by atoms with Crippen molar-refractivity contribution in [1.82, 2.24) is 10.2 Å². The maximum Gasteiger partial charge on any atom is 0.237 e. The van der Waals surface area contributed by atoms with Crippen LogP contribution in [0.5, 0.6) is 0 Å². The van der Waals surface area contributed by atoms with Crippen LogP contribution in [0.15, 0.2) is 0 Å². The van der Waals surface area contributed by atoms with E-state index < -0.39 is 5.54 Å². The summed E-state index contributed by atoms with van der Waals surface area (Å²) < 4.78 is 0. The van der Waals surface area contributed by atoms with Crippen LogP contribution < -0.4 is 11.1 Å². The van der Waals surface area contributed by atoms with Gasteiger partial charge in [0.1, 0.15) is 0 Å². The van der Waals surface area contributed by atoms with E-state index in [0.717, 1.165) is 25.4 Å². The highest BCUT2D eigenvalue weighted by Gasteiger charge is 2.31. The number of carbonyl (C=O) groups excluding carboxylic acids is 1. The van der Waals surface area contributed by atoms with E-state index >= 15 is 0 Å². The van der Waals surface area contributed by atoms with Crippen LogP contribution in [-0.4, -0.2) is 41.5 Å². The summed E-state index contributed by atoms with van der Waals surface area (Å²) in [6.45, 7) is 10.6. The zero-order chi connectivity index (χ0) is 15.2. The van der Waals surface area contributed by atoms with Crippen LogP contribution in [0, 0.1) is 0 Å². The number of piperidine rings is 1. The highest BCUT2D eigenvalue weighted by Crippen LogP contribution is 2.21. The van der Waals surface area contributed by atoms with Gasteiger partial charge in [-0.25, -0.2) is 0 Å². The molecule has 1 rings (SSSR count). The third-order valence-corrected chi connectivity index (χ3v) is 4.49. The Morgan fingerprint density at radius 1 is 1.45 bits per heavy atom. The Balaban J connectivity index is 2.45. The van der Waals surface area contributed by atoms with E-state index in [4.69, 9.17) is 5.73 Å². The second-order valence-corrected chi connectivity index (χ2v) is 6.69. The highest BCUT2D eigenvalue weighted by atomic mass is 16.1. The van der Waals surface area contributed by atoms with Gasteiger partial charge in [0.25, 0.3) is 0 Å². The van der Waals surface area contributed by atoms with E-state index in [1.165, 1.54) is 32.2 Å². The number of hydrogen-bond donors (Lipinski definition) is 2. The molecule has 4 heteroatoms. The van der Waals surface area contributed by atoms with Gasteiger partial charge in [-0.2, -0.15) is 0 Å². The van der Waals surface area contributed by atoms with Crippen molar-refractivity contribution in [2.45, 2.75) is 83.8 Å². The van der Waals surface area contributed by atoms with Gasteiger partial charge in [-0.1, -0.05) is 13.3 Å². The highest BCUT2D eigenvalue weighted by molar-refractivity contribution is 5.84. The number of nitrogens with zero attached hydrogens (tertiary/aromatic N) is 1. The first-order chi connectivity index (χ1) is 9.39. The van der Waals surface area contributed by atoms with Gasteiger partial charge >= 0.3 is 0 Å². The first-order valence-electron chi connectivity index (χ1n) is 8.20. The summed E-state index contributed by atoms with van der Waals surface area (Å²) in [5.41, 5.74) is 5.00. The number of primary amides is 1. The lowest BCUT2D eigenvalue weighted by molar-refractivity contribution is -0.124. The molecule has 4 nitrogen and oxygen atoms in total. The summed E-state index contributed by atoms with van der Waals surface area (Å²) >= 11 is 0. The Kier molecular flexibility index (Phi) is 6.96. The van der Waals surface area contributed by atoms with Gasteiger partial charge in [0.2, 0.25) is 5.91 Å². The van der Waals surface area contributed by atoms with Crippen LogP contribution in [0.3, 0.4) is 0 Å². The molecule has 0 saturated carbocycles. The van der Waals surface area contributed by atoms with E-state index in [1.54, 1.807) is 0 Å². The number of rotatable bonds is 8. The molecule has 0 aromatic rings. The van der Waals surface area contributed by atoms with Crippen molar-refractivity contribution >= 4 is 5.91 Å². The van der Waals surface area contributed by atoms with E-state index in [9.17, 15) is 4.79 Å². The Labute approximate surface area is 124 Å². The van der Waals surface area contributed by atoms with Crippen LogP contribution >= 0.6 is 0 Å². The SMILES string of the molecule is CCC1CCCCN1CCCC(C)(NC(C)C)C(N)=O. The summed E-state index contributed by atoms with van der Waals surface area (Å²) in [7, 11) is 0. The Morgan fingerprint density at radius 2 is 2.15 bits per heavy atom. The van der Waals surface area contributed by atoms with Crippen molar-refractivity contribution in [3.63, 3.8) is 0 Å². The maximum absolute atomic E-state index is 11.7. The zero-order valence-corrected chi connectivity index (χ0v) is 13.7. The van der Waals surface area contributed by atoms with Crippen LogP contribution in [0.25, 0.3) is 0 Å². The minimum Gasteiger partial charge on any atom is -0.368 e. The molecule has 1 aliphatic rings. The second kappa shape index (κ2) is 7.99. The van der Waals surface area contributed by atoms with Crippen molar-refractivity contribution in [3.05, 3.63) is 0 Å². The minimum absolute atomic E-state index is 0.239. The Bertz CT molecular complexity index is 306. The van der Waals surface area contributed by atoms with Gasteiger partial charge in [0.15, 0.2) is 0 Å². The smallest absolute Gasteiger partial charge is 0.237 e. The zero-order valence-electron chi connectivity index (χ0n) is 13.7. The number of hydrogen-bond acceptors (Lipinski definition) is 3. The molecule has 0 aromatic heterocycles. The van der Waals surface area contributed by atoms with E-state index in [-0.39, 0.29) is 11.9 Å². The van der Waals surface area contributed by atoms with Crippen LogP contribution in [-0.2, 0) is 4.79 Å². The summed E-state index contributed by atoms with van der Waals surface area (Å²) in [6, 6.07) is 1.01. The van der Waals surface area contributed by atoms with Gasteiger partial charge < -0.3 is 16.0 Å². The standard InChI is InChI=1S/C16H33N3O/c1-5-14-9-6-7-11-19(14)12-8-10-16(4,15(17)20)18-13(2)3/h13-14,18H,5-12H2,1-4H3,(H2,17,20). The van der Waals surface area contributed by atoms with Crippen LogP contribution in [0.1, 0.15) is 66.2 Å². The third-order valence-electron chi connectivity index (χ3n) is 4.49. The van der Waals surface area contributed by atoms with Crippen molar-refractivity contribution < 1.29 is 4.79 Å². The van der Waals surface area contributed by atoms with Crippen molar-refractivity contribution in [2.24, 2.45) is 5.73 Å². The number of amides is 1. The van der Waals surface area contributed by atoms with Crippen molar-refractivity contribution in [1.29, 1.82) is 0 Å². The lowest BCUT2D eigenvalue weighted by Gasteiger charge is -2.36. The van der Waals surface area contributed by atoms with Gasteiger partial charge in [-0.15, -0.1) is 0 Å². The molecule has 0 aromatic carbocycles. The molecule has 2 unspecified atom stereocenters. The molecule has 1 aliphatic heterocycles. The lowest BCUT2D eigenvalue weighted by atomic mass is 9.93. The molecule has 0 spiro atoms. The Morgan fingerprint density at radius 3 is 2.70 bits per heavy atom. The largest absolute Gasteiger partial charge is 0.368 e. The quantitative estimate of drug-likeness (QED) is 0.718. The second-order valence-electron chi connectivity index (χ2n) is 6.69. The molecule has 0 radical (unpaired) electrons. The first-order valence-corrected chi connectivity index (χ1v) is 8.20.